The van der Waals surface area contributed by atoms with E-state index in [-0.39, 0.29) is 22.5 Å². The molecule has 0 radical (unpaired) electrons. The van der Waals surface area contributed by atoms with Crippen LogP contribution in [-0.2, 0) is 9.59 Å². The van der Waals surface area contributed by atoms with E-state index in [1.807, 2.05) is 36.4 Å². The first kappa shape index (κ1) is 23.9. The van der Waals surface area contributed by atoms with Crippen LogP contribution in [0.25, 0.3) is 0 Å². The maximum Gasteiger partial charge on any atom is 0.326 e. The van der Waals surface area contributed by atoms with E-state index in [9.17, 15) is 18.9 Å². The number of carbonyl (C=O) groups excluding carboxylic acids is 2. The van der Waals surface area contributed by atoms with E-state index >= 15 is 0 Å². The van der Waals surface area contributed by atoms with Crippen LogP contribution in [0.2, 0.25) is 0 Å². The first-order chi connectivity index (χ1) is 16.9. The number of carbonyl (C=O) groups is 3. The van der Waals surface area contributed by atoms with Crippen LogP contribution in [0.15, 0.2) is 84.0 Å². The van der Waals surface area contributed by atoms with Crippen molar-refractivity contribution in [1.82, 2.24) is 5.32 Å². The van der Waals surface area contributed by atoms with Gasteiger partial charge in [-0.25, -0.2) is 5.12 Å². The van der Waals surface area contributed by atoms with Crippen molar-refractivity contribution >= 4 is 34.7 Å². The summed E-state index contributed by atoms with van der Waals surface area (Å²) in [4.78, 5) is 35.9. The number of ketones is 1. The fraction of sp³-hybridized carbons (Fsp3) is 0.192. The average molecular weight is 477 g/mol. The third kappa shape index (κ3) is 6.01. The summed E-state index contributed by atoms with van der Waals surface area (Å²) < 4.78 is 13.6. The molecule has 0 atom stereocenters. The summed E-state index contributed by atoms with van der Waals surface area (Å²) in [7, 11) is 0. The van der Waals surface area contributed by atoms with Crippen molar-refractivity contribution in [2.75, 3.05) is 48.1 Å². The summed E-state index contributed by atoms with van der Waals surface area (Å²) in [5, 5.41) is 14.8. The van der Waals surface area contributed by atoms with Gasteiger partial charge in [-0.1, -0.05) is 28.8 Å². The molecule has 8 nitrogen and oxygen atoms in total. The summed E-state index contributed by atoms with van der Waals surface area (Å²) in [6, 6.07) is 13.3. The molecular formula is C26H25FN4O4. The van der Waals surface area contributed by atoms with Gasteiger partial charge in [0.25, 0.3) is 5.91 Å². The third-order valence-corrected chi connectivity index (χ3v) is 5.70. The number of fused-ring (bicyclic) bond motifs is 2. The topological polar surface area (TPSA) is 102 Å². The molecule has 180 valence electrons. The number of benzene rings is 2. The predicted molar refractivity (Wildman–Crippen MR) is 132 cm³/mol. The van der Waals surface area contributed by atoms with Crippen molar-refractivity contribution in [2.45, 2.75) is 0 Å². The molecule has 2 bridgehead atoms. The van der Waals surface area contributed by atoms with Gasteiger partial charge in [0, 0.05) is 54.3 Å². The Labute approximate surface area is 202 Å². The molecule has 0 unspecified atom stereocenters. The highest BCUT2D eigenvalue weighted by atomic mass is 19.2. The van der Waals surface area contributed by atoms with E-state index in [2.05, 4.69) is 15.5 Å². The molecule has 5 rings (SSSR count). The average Bonchev–Trinajstić information content (AvgIpc) is 3.41. The third-order valence-electron chi connectivity index (χ3n) is 5.70. The van der Waals surface area contributed by atoms with Crippen molar-refractivity contribution in [2.24, 2.45) is 0 Å². The first-order valence-corrected chi connectivity index (χ1v) is 11.2. The normalized spacial score (nSPS) is 15.7. The Balaban J connectivity index is 0.000000301. The van der Waals surface area contributed by atoms with Gasteiger partial charge >= 0.3 is 5.97 Å². The second-order valence-electron chi connectivity index (χ2n) is 8.11. The second-order valence-corrected chi connectivity index (χ2v) is 8.11. The number of halogens is 1. The highest BCUT2D eigenvalue weighted by Gasteiger charge is 2.20. The fourth-order valence-electron chi connectivity index (χ4n) is 3.81. The van der Waals surface area contributed by atoms with Gasteiger partial charge in [0.05, 0.1) is 5.69 Å². The van der Waals surface area contributed by atoms with Crippen LogP contribution in [0.3, 0.4) is 0 Å². The van der Waals surface area contributed by atoms with E-state index < -0.39 is 12.5 Å². The number of nitrogens with one attached hydrogen (secondary N) is 2. The largest absolute Gasteiger partial charge is 0.480 e. The van der Waals surface area contributed by atoms with Gasteiger partial charge < -0.3 is 20.6 Å². The number of Topliss-reactive ketones (excluding diaryl/α,β-unsaturated/α-hetero) is 1. The second kappa shape index (κ2) is 10.8. The number of hydrogen-bond acceptors (Lipinski definition) is 6. The molecule has 2 aromatic carbocycles. The Hall–Kier alpha value is -4.24. The number of allylic oxidation sites excluding steroid dienone is 6. The lowest BCUT2D eigenvalue weighted by molar-refractivity contribution is -0.135. The lowest BCUT2D eigenvalue weighted by Gasteiger charge is -2.29. The van der Waals surface area contributed by atoms with Crippen LogP contribution in [0.5, 0.6) is 0 Å². The summed E-state index contributed by atoms with van der Waals surface area (Å²) >= 11 is 0. The maximum absolute atomic E-state index is 13.6. The van der Waals surface area contributed by atoms with E-state index in [0.29, 0.717) is 11.3 Å². The monoisotopic (exact) mass is 476 g/mol. The number of anilines is 3. The van der Waals surface area contributed by atoms with Gasteiger partial charge in [-0.05, 0) is 48.5 Å². The highest BCUT2D eigenvalue weighted by Crippen LogP contribution is 2.23. The number of hydrogen-bond donors (Lipinski definition) is 3. The molecule has 0 aromatic heterocycles. The van der Waals surface area contributed by atoms with E-state index in [4.69, 9.17) is 5.11 Å². The zero-order chi connectivity index (χ0) is 24.8. The Morgan fingerprint density at radius 2 is 1.57 bits per heavy atom. The van der Waals surface area contributed by atoms with Gasteiger partial charge in [-0.15, -0.1) is 0 Å². The standard InChI is InChI=1S/C19H21FN4O3.C7H4O/c20-24(13-18(25)26)17-7-3-15(4-8-17)22-19(27)14-1-5-16(6-2-14)23-11-9-21-10-12-23;8-7-5-1-2-6(7)4-3-5/h1-8,21H,9-13H2,(H,22,27)(H,25,26);1-4H. The van der Waals surface area contributed by atoms with Gasteiger partial charge in [0.1, 0.15) is 6.54 Å². The minimum Gasteiger partial charge on any atom is -0.480 e. The number of aliphatic carboxylic acids is 1. The molecule has 1 fully saturated rings. The number of nitrogens with zero attached hydrogens (tertiary/aromatic N) is 2. The van der Waals surface area contributed by atoms with Crippen LogP contribution in [0.1, 0.15) is 10.4 Å². The van der Waals surface area contributed by atoms with Gasteiger partial charge in [-0.2, -0.15) is 0 Å². The SMILES string of the molecule is O=C(O)CN(F)c1ccc(NC(=O)c2ccc(N3CCNCC3)cc2)cc1.O=C1C2=CC=C1C=C2. The zero-order valence-electron chi connectivity index (χ0n) is 18.9. The quantitative estimate of drug-likeness (QED) is 0.551. The van der Waals surface area contributed by atoms with Crippen molar-refractivity contribution in [1.29, 1.82) is 0 Å². The molecule has 2 aliphatic carbocycles. The van der Waals surface area contributed by atoms with Crippen LogP contribution in [0, 0.1) is 0 Å². The van der Waals surface area contributed by atoms with Crippen LogP contribution in [0.4, 0.5) is 21.5 Å². The molecule has 1 aliphatic heterocycles. The Morgan fingerprint density at radius 1 is 0.971 bits per heavy atom. The predicted octanol–water partition coefficient (Wildman–Crippen LogP) is 3.12. The minimum atomic E-state index is -1.26. The molecule has 3 N–H and O–H groups in total. The summed E-state index contributed by atoms with van der Waals surface area (Å²) in [5.74, 6) is -1.35. The van der Waals surface area contributed by atoms with Crippen LogP contribution < -0.4 is 20.7 Å². The Kier molecular flexibility index (Phi) is 7.37. The number of piperazine rings is 1. The van der Waals surface area contributed by atoms with Crippen LogP contribution in [-0.4, -0.2) is 55.5 Å². The summed E-state index contributed by atoms with van der Waals surface area (Å²) in [5.41, 5.74) is 3.88. The van der Waals surface area contributed by atoms with Crippen molar-refractivity contribution in [3.63, 3.8) is 0 Å². The number of carboxylic acids is 1. The maximum atomic E-state index is 13.6. The van der Waals surface area contributed by atoms with E-state index in [1.54, 1.807) is 12.1 Å². The van der Waals surface area contributed by atoms with E-state index in [0.717, 1.165) is 43.0 Å². The van der Waals surface area contributed by atoms with Crippen molar-refractivity contribution in [3.8, 4) is 0 Å². The molecule has 0 spiro atoms. The van der Waals surface area contributed by atoms with Crippen molar-refractivity contribution in [3.05, 3.63) is 89.5 Å². The minimum absolute atomic E-state index is 0.107. The zero-order valence-corrected chi connectivity index (χ0v) is 18.9. The van der Waals surface area contributed by atoms with Gasteiger partial charge in [-0.3, -0.25) is 14.4 Å². The smallest absolute Gasteiger partial charge is 0.326 e. The Morgan fingerprint density at radius 3 is 2.06 bits per heavy atom. The van der Waals surface area contributed by atoms with Crippen LogP contribution >= 0.6 is 0 Å². The number of carboxylic acid groups (broad SMARTS) is 1. The molecule has 1 heterocycles. The molecule has 0 saturated carbocycles. The van der Waals surface area contributed by atoms with Gasteiger partial charge in [0.15, 0.2) is 5.78 Å². The van der Waals surface area contributed by atoms with Crippen molar-refractivity contribution < 1.29 is 24.0 Å². The molecule has 9 heteroatoms. The number of rotatable bonds is 6. The first-order valence-electron chi connectivity index (χ1n) is 11.2. The molecular weight excluding hydrogens is 451 g/mol. The lowest BCUT2D eigenvalue weighted by atomic mass is 10.1. The fourth-order valence-corrected chi connectivity index (χ4v) is 3.81. The van der Waals surface area contributed by atoms with E-state index in [1.165, 1.54) is 24.3 Å². The lowest BCUT2D eigenvalue weighted by Crippen LogP contribution is -2.43. The Bertz CT molecular complexity index is 1170. The highest BCUT2D eigenvalue weighted by molar-refractivity contribution is 6.17. The molecule has 1 amide bonds. The van der Waals surface area contributed by atoms with Gasteiger partial charge in [0.2, 0.25) is 0 Å². The molecule has 2 aromatic rings. The summed E-state index contributed by atoms with van der Waals surface area (Å²) in [6.45, 7) is 3.02. The molecule has 1 saturated heterocycles. The molecule has 3 aliphatic rings. The molecule has 35 heavy (non-hydrogen) atoms. The summed E-state index contributed by atoms with van der Waals surface area (Å²) in [6.07, 6.45) is 7.38. The number of amides is 1.